The molecule has 1 N–H and O–H groups in total. The molecule has 4 heteroatoms. The van der Waals surface area contributed by atoms with Gasteiger partial charge >= 0.3 is 6.18 Å². The Morgan fingerprint density at radius 3 is 2.07 bits per heavy atom. The summed E-state index contributed by atoms with van der Waals surface area (Å²) in [7, 11) is 0. The fourth-order valence-electron chi connectivity index (χ4n) is 2.35. The molecule has 0 bridgehead atoms. The molecule has 0 aromatic carbocycles. The van der Waals surface area contributed by atoms with Gasteiger partial charge < -0.3 is 5.32 Å². The summed E-state index contributed by atoms with van der Waals surface area (Å²) in [6, 6.07) is 0. The topological polar surface area (TPSA) is 12.0 Å². The van der Waals surface area contributed by atoms with Crippen LogP contribution in [0.1, 0.15) is 39.5 Å². The Balaban J connectivity index is 2.79. The molecular formula is C10H18F3N. The molecular weight excluding hydrogens is 191 g/mol. The number of halogens is 3. The third-order valence-electron chi connectivity index (χ3n) is 3.30. The van der Waals surface area contributed by atoms with Crippen LogP contribution in [0.4, 0.5) is 13.2 Å². The molecule has 84 valence electrons. The quantitative estimate of drug-likeness (QED) is 0.753. The fourth-order valence-corrected chi connectivity index (χ4v) is 2.35. The van der Waals surface area contributed by atoms with E-state index in [0.29, 0.717) is 19.4 Å². The van der Waals surface area contributed by atoms with Gasteiger partial charge in [0.15, 0.2) is 0 Å². The van der Waals surface area contributed by atoms with Crippen LogP contribution < -0.4 is 5.32 Å². The third kappa shape index (κ3) is 2.05. The molecule has 0 aromatic rings. The normalized spacial score (nSPS) is 23.8. The average molecular weight is 209 g/mol. The van der Waals surface area contributed by atoms with Crippen LogP contribution in [0.3, 0.4) is 0 Å². The zero-order chi connectivity index (χ0) is 10.8. The monoisotopic (exact) mass is 209 g/mol. The maximum Gasteiger partial charge on any atom is 0.406 e. The number of alkyl halides is 3. The first kappa shape index (κ1) is 11.8. The van der Waals surface area contributed by atoms with Crippen molar-refractivity contribution in [2.75, 3.05) is 6.54 Å². The maximum absolute atomic E-state index is 12.9. The smallest absolute Gasteiger partial charge is 0.304 e. The van der Waals surface area contributed by atoms with Crippen LogP contribution in [0.2, 0.25) is 0 Å². The fraction of sp³-hybridized carbons (Fsp3) is 1.00. The molecule has 14 heavy (non-hydrogen) atoms. The molecule has 0 heterocycles. The number of hydrogen-bond donors (Lipinski definition) is 1. The number of hydrogen-bond acceptors (Lipinski definition) is 1. The van der Waals surface area contributed by atoms with Gasteiger partial charge in [-0.15, -0.1) is 0 Å². The Hall–Kier alpha value is -0.250. The number of nitrogens with one attached hydrogen (secondary N) is 1. The molecule has 1 atom stereocenters. The SMILES string of the molecule is CCNC(C)(C1CCCC1)C(F)(F)F. The molecule has 0 aliphatic heterocycles. The van der Waals surface area contributed by atoms with Crippen LogP contribution in [-0.4, -0.2) is 18.3 Å². The van der Waals surface area contributed by atoms with Crippen LogP contribution in [0.5, 0.6) is 0 Å². The van der Waals surface area contributed by atoms with Crippen LogP contribution in [0.25, 0.3) is 0 Å². The highest BCUT2D eigenvalue weighted by atomic mass is 19.4. The molecule has 1 aliphatic rings. The summed E-state index contributed by atoms with van der Waals surface area (Å²) >= 11 is 0. The maximum atomic E-state index is 12.9. The summed E-state index contributed by atoms with van der Waals surface area (Å²) < 4.78 is 38.6. The van der Waals surface area contributed by atoms with Crippen molar-refractivity contribution in [1.29, 1.82) is 0 Å². The highest BCUT2D eigenvalue weighted by molar-refractivity contribution is 4.98. The summed E-state index contributed by atoms with van der Waals surface area (Å²) in [5, 5.41) is 2.62. The average Bonchev–Trinajstić information content (AvgIpc) is 2.54. The Kier molecular flexibility index (Phi) is 3.45. The summed E-state index contributed by atoms with van der Waals surface area (Å²) in [6.07, 6.45) is -0.881. The lowest BCUT2D eigenvalue weighted by atomic mass is 9.83. The molecule has 1 aliphatic carbocycles. The van der Waals surface area contributed by atoms with E-state index in [2.05, 4.69) is 5.32 Å². The molecule has 1 saturated carbocycles. The minimum Gasteiger partial charge on any atom is -0.304 e. The van der Waals surface area contributed by atoms with E-state index >= 15 is 0 Å². The van der Waals surface area contributed by atoms with Gasteiger partial charge in [0.1, 0.15) is 5.54 Å². The van der Waals surface area contributed by atoms with E-state index in [-0.39, 0.29) is 5.92 Å². The minimum atomic E-state index is -4.14. The Bertz CT molecular complexity index is 184. The summed E-state index contributed by atoms with van der Waals surface area (Å²) in [6.45, 7) is 3.39. The predicted molar refractivity (Wildman–Crippen MR) is 50.1 cm³/mol. The first-order chi connectivity index (χ1) is 6.42. The number of rotatable bonds is 3. The van der Waals surface area contributed by atoms with Gasteiger partial charge in [-0.2, -0.15) is 13.2 Å². The van der Waals surface area contributed by atoms with Gasteiger partial charge in [-0.05, 0) is 32.2 Å². The molecule has 0 radical (unpaired) electrons. The van der Waals surface area contributed by atoms with Crippen molar-refractivity contribution in [3.8, 4) is 0 Å². The largest absolute Gasteiger partial charge is 0.406 e. The predicted octanol–water partition coefficient (Wildman–Crippen LogP) is 3.11. The van der Waals surface area contributed by atoms with E-state index in [9.17, 15) is 13.2 Å². The molecule has 0 aromatic heterocycles. The standard InChI is InChI=1S/C10H18F3N/c1-3-14-9(2,10(11,12)13)8-6-4-5-7-8/h8,14H,3-7H2,1-2H3. The van der Waals surface area contributed by atoms with Gasteiger partial charge in [0.25, 0.3) is 0 Å². The van der Waals surface area contributed by atoms with Crippen molar-refractivity contribution in [2.45, 2.75) is 51.2 Å². The van der Waals surface area contributed by atoms with Gasteiger partial charge in [-0.25, -0.2) is 0 Å². The summed E-state index contributed by atoms with van der Waals surface area (Å²) in [5.74, 6) is -0.248. The zero-order valence-electron chi connectivity index (χ0n) is 8.75. The van der Waals surface area contributed by atoms with E-state index in [0.717, 1.165) is 12.8 Å². The van der Waals surface area contributed by atoms with Gasteiger partial charge in [-0.1, -0.05) is 19.8 Å². The lowest BCUT2D eigenvalue weighted by Gasteiger charge is -2.38. The van der Waals surface area contributed by atoms with Crippen molar-refractivity contribution >= 4 is 0 Å². The zero-order valence-corrected chi connectivity index (χ0v) is 8.75. The van der Waals surface area contributed by atoms with Crippen molar-refractivity contribution in [1.82, 2.24) is 5.32 Å². The summed E-state index contributed by atoms with van der Waals surface area (Å²) in [5.41, 5.74) is -1.68. The highest BCUT2D eigenvalue weighted by Crippen LogP contribution is 2.43. The second kappa shape index (κ2) is 4.09. The van der Waals surface area contributed by atoms with Crippen LogP contribution in [0, 0.1) is 5.92 Å². The van der Waals surface area contributed by atoms with Crippen LogP contribution >= 0.6 is 0 Å². The molecule has 0 saturated heterocycles. The van der Waals surface area contributed by atoms with E-state index in [1.165, 1.54) is 6.92 Å². The first-order valence-electron chi connectivity index (χ1n) is 5.23. The van der Waals surface area contributed by atoms with Crippen LogP contribution in [0.15, 0.2) is 0 Å². The highest BCUT2D eigenvalue weighted by Gasteiger charge is 2.55. The molecule has 1 nitrogen and oxygen atoms in total. The lowest BCUT2D eigenvalue weighted by Crippen LogP contribution is -2.58. The van der Waals surface area contributed by atoms with Gasteiger partial charge in [-0.3, -0.25) is 0 Å². The van der Waals surface area contributed by atoms with E-state index in [1.807, 2.05) is 0 Å². The lowest BCUT2D eigenvalue weighted by molar-refractivity contribution is -0.206. The van der Waals surface area contributed by atoms with Crippen molar-refractivity contribution in [3.05, 3.63) is 0 Å². The van der Waals surface area contributed by atoms with Crippen molar-refractivity contribution in [2.24, 2.45) is 5.92 Å². The molecule has 1 fully saturated rings. The Morgan fingerprint density at radius 1 is 1.21 bits per heavy atom. The molecule has 1 unspecified atom stereocenters. The van der Waals surface area contributed by atoms with Gasteiger partial charge in [0.05, 0.1) is 0 Å². The molecule has 0 spiro atoms. The van der Waals surface area contributed by atoms with Gasteiger partial charge in [0.2, 0.25) is 0 Å². The Labute approximate surface area is 83.1 Å². The molecule has 1 rings (SSSR count). The Morgan fingerprint density at radius 2 is 1.71 bits per heavy atom. The molecule has 0 amide bonds. The van der Waals surface area contributed by atoms with Gasteiger partial charge in [0, 0.05) is 0 Å². The second-order valence-corrected chi connectivity index (χ2v) is 4.21. The van der Waals surface area contributed by atoms with E-state index in [1.54, 1.807) is 6.92 Å². The van der Waals surface area contributed by atoms with E-state index in [4.69, 9.17) is 0 Å². The minimum absolute atomic E-state index is 0.248. The summed E-state index contributed by atoms with van der Waals surface area (Å²) in [4.78, 5) is 0. The first-order valence-corrected chi connectivity index (χ1v) is 5.23. The van der Waals surface area contributed by atoms with Crippen LogP contribution in [-0.2, 0) is 0 Å². The third-order valence-corrected chi connectivity index (χ3v) is 3.30. The second-order valence-electron chi connectivity index (χ2n) is 4.21. The van der Waals surface area contributed by atoms with Crippen molar-refractivity contribution in [3.63, 3.8) is 0 Å². The van der Waals surface area contributed by atoms with Crippen molar-refractivity contribution < 1.29 is 13.2 Å². The van der Waals surface area contributed by atoms with E-state index < -0.39 is 11.7 Å².